The van der Waals surface area contributed by atoms with Crippen LogP contribution in [0.15, 0.2) is 12.2 Å². The predicted octanol–water partition coefficient (Wildman–Crippen LogP) is 0.942. The van der Waals surface area contributed by atoms with Gasteiger partial charge in [0.15, 0.2) is 5.82 Å². The molecule has 7 nitrogen and oxygen atoms in total. The molecule has 0 radical (unpaired) electrons. The number of methoxy groups -OCH3 is 1. The molecule has 1 aromatic rings. The number of rotatable bonds is 8. The van der Waals surface area contributed by atoms with Gasteiger partial charge in [-0.25, -0.2) is 4.68 Å². The van der Waals surface area contributed by atoms with Crippen molar-refractivity contribution in [3.63, 3.8) is 0 Å². The second-order valence-electron chi connectivity index (χ2n) is 6.06. The van der Waals surface area contributed by atoms with Gasteiger partial charge < -0.3 is 14.6 Å². The van der Waals surface area contributed by atoms with Crippen molar-refractivity contribution in [1.82, 2.24) is 20.2 Å². The minimum atomic E-state index is 0.242. The minimum Gasteiger partial charge on any atom is -0.396 e. The van der Waals surface area contributed by atoms with Gasteiger partial charge in [-0.2, -0.15) is 0 Å². The third-order valence-electron chi connectivity index (χ3n) is 4.77. The second kappa shape index (κ2) is 7.30. The Morgan fingerprint density at radius 2 is 2.14 bits per heavy atom. The number of aryl methyl sites for hydroxylation is 1. The van der Waals surface area contributed by atoms with Gasteiger partial charge in [-0.05, 0) is 42.0 Å². The van der Waals surface area contributed by atoms with Gasteiger partial charge in [0.05, 0.1) is 12.2 Å². The lowest BCUT2D eigenvalue weighted by Gasteiger charge is -2.25. The smallest absolute Gasteiger partial charge is 0.154 e. The van der Waals surface area contributed by atoms with Gasteiger partial charge in [-0.15, -0.1) is 5.10 Å². The molecule has 4 atom stereocenters. The topological polar surface area (TPSA) is 82.3 Å². The highest BCUT2D eigenvalue weighted by molar-refractivity contribution is 5.00. The highest BCUT2D eigenvalue weighted by Crippen LogP contribution is 2.44. The first-order valence-corrected chi connectivity index (χ1v) is 7.98. The zero-order valence-corrected chi connectivity index (χ0v) is 13.0. The Kier molecular flexibility index (Phi) is 5.17. The van der Waals surface area contributed by atoms with Crippen LogP contribution in [0.5, 0.6) is 0 Å². The van der Waals surface area contributed by atoms with Crippen molar-refractivity contribution in [3.05, 3.63) is 18.0 Å². The summed E-state index contributed by atoms with van der Waals surface area (Å²) < 4.78 is 12.6. The maximum Gasteiger partial charge on any atom is 0.154 e. The molecule has 0 saturated carbocycles. The van der Waals surface area contributed by atoms with Crippen LogP contribution in [0.4, 0.5) is 0 Å². The molecule has 0 spiro atoms. The summed E-state index contributed by atoms with van der Waals surface area (Å²) in [5, 5.41) is 21.1. The van der Waals surface area contributed by atoms with Gasteiger partial charge in [0.2, 0.25) is 0 Å². The van der Waals surface area contributed by atoms with Crippen LogP contribution in [0.3, 0.4) is 0 Å². The Morgan fingerprint density at radius 3 is 2.91 bits per heavy atom. The zero-order valence-electron chi connectivity index (χ0n) is 13.0. The first-order chi connectivity index (χ1) is 10.8. The van der Waals surface area contributed by atoms with Gasteiger partial charge in [0, 0.05) is 26.1 Å². The van der Waals surface area contributed by atoms with Gasteiger partial charge >= 0.3 is 0 Å². The summed E-state index contributed by atoms with van der Waals surface area (Å²) in [6.07, 6.45) is 9.94. The van der Waals surface area contributed by atoms with Crippen molar-refractivity contribution in [2.24, 2.45) is 11.8 Å². The number of aliphatic hydroxyl groups is 1. The molecule has 7 heteroatoms. The Bertz CT molecular complexity index is 505. The molecular weight excluding hydrogens is 284 g/mol. The number of nitrogens with zero attached hydrogens (tertiary/aromatic N) is 4. The van der Waals surface area contributed by atoms with Crippen molar-refractivity contribution in [3.8, 4) is 0 Å². The van der Waals surface area contributed by atoms with Crippen LogP contribution in [0, 0.1) is 11.8 Å². The minimum absolute atomic E-state index is 0.242. The van der Waals surface area contributed by atoms with E-state index in [2.05, 4.69) is 27.7 Å². The molecule has 2 bridgehead atoms. The van der Waals surface area contributed by atoms with E-state index in [9.17, 15) is 5.11 Å². The molecule has 1 aromatic heterocycles. The number of hydrogen-bond donors (Lipinski definition) is 1. The molecule has 2 saturated heterocycles. The standard InChI is InChI=1S/C15H24N4O3/c1-21-10-19-15(16-17-18-19)6-4-2-3-5-11-12(9-20)14-8-7-13(11)22-14/h2-3,11-14,20H,4-10H2,1H3/t11-,12+,13+,14-/m1/s1. The summed E-state index contributed by atoms with van der Waals surface area (Å²) in [7, 11) is 1.63. The van der Waals surface area contributed by atoms with E-state index in [0.717, 1.165) is 37.9 Å². The molecule has 0 unspecified atom stereocenters. The normalized spacial score (nSPS) is 30.6. The number of tetrazole rings is 1. The van der Waals surface area contributed by atoms with E-state index in [1.54, 1.807) is 11.8 Å². The summed E-state index contributed by atoms with van der Waals surface area (Å²) in [6, 6.07) is 0. The summed E-state index contributed by atoms with van der Waals surface area (Å²) in [5.74, 6) is 1.62. The fourth-order valence-electron chi connectivity index (χ4n) is 3.66. The molecule has 3 heterocycles. The fourth-order valence-corrected chi connectivity index (χ4v) is 3.66. The maximum absolute atomic E-state index is 9.53. The van der Waals surface area contributed by atoms with Crippen molar-refractivity contribution >= 4 is 0 Å². The molecule has 0 amide bonds. The van der Waals surface area contributed by atoms with E-state index >= 15 is 0 Å². The average Bonchev–Trinajstić information content (AvgIpc) is 3.23. The summed E-state index contributed by atoms with van der Waals surface area (Å²) >= 11 is 0. The number of ether oxygens (including phenoxy) is 2. The number of allylic oxidation sites excluding steroid dienone is 2. The van der Waals surface area contributed by atoms with Crippen LogP contribution in [-0.4, -0.2) is 51.2 Å². The van der Waals surface area contributed by atoms with Crippen molar-refractivity contribution in [1.29, 1.82) is 0 Å². The second-order valence-corrected chi connectivity index (χ2v) is 6.06. The van der Waals surface area contributed by atoms with Crippen molar-refractivity contribution < 1.29 is 14.6 Å². The van der Waals surface area contributed by atoms with Crippen LogP contribution in [0.1, 0.15) is 31.5 Å². The molecule has 1 N–H and O–H groups in total. The van der Waals surface area contributed by atoms with E-state index < -0.39 is 0 Å². The molecule has 2 fully saturated rings. The average molecular weight is 308 g/mol. The maximum atomic E-state index is 9.53. The van der Waals surface area contributed by atoms with Crippen LogP contribution >= 0.6 is 0 Å². The number of hydrogen-bond acceptors (Lipinski definition) is 6. The van der Waals surface area contributed by atoms with E-state index in [4.69, 9.17) is 9.47 Å². The van der Waals surface area contributed by atoms with E-state index in [0.29, 0.717) is 24.7 Å². The Hall–Kier alpha value is -1.31. The van der Waals surface area contributed by atoms with Gasteiger partial charge in [-0.1, -0.05) is 12.2 Å². The summed E-state index contributed by atoms with van der Waals surface area (Å²) in [4.78, 5) is 0. The first-order valence-electron chi connectivity index (χ1n) is 7.98. The molecular formula is C15H24N4O3. The van der Waals surface area contributed by atoms with E-state index in [1.165, 1.54) is 0 Å². The van der Waals surface area contributed by atoms with Gasteiger partial charge in [-0.3, -0.25) is 0 Å². The lowest BCUT2D eigenvalue weighted by atomic mass is 9.78. The SMILES string of the molecule is COCn1nnnc1CCC=CC[C@@H]1[C@H](CO)[C@H]2CC[C@@H]1O2. The van der Waals surface area contributed by atoms with Crippen LogP contribution in [-0.2, 0) is 22.6 Å². The van der Waals surface area contributed by atoms with Crippen LogP contribution in [0.2, 0.25) is 0 Å². The third kappa shape index (κ3) is 3.21. The van der Waals surface area contributed by atoms with E-state index in [1.807, 2.05) is 0 Å². The lowest BCUT2D eigenvalue weighted by Crippen LogP contribution is -2.29. The fraction of sp³-hybridized carbons (Fsp3) is 0.800. The van der Waals surface area contributed by atoms with Gasteiger partial charge in [0.25, 0.3) is 0 Å². The molecule has 2 aliphatic rings. The lowest BCUT2D eigenvalue weighted by molar-refractivity contribution is 0.0787. The highest BCUT2D eigenvalue weighted by Gasteiger charge is 2.47. The van der Waals surface area contributed by atoms with Crippen molar-refractivity contribution in [2.45, 2.75) is 51.0 Å². The predicted molar refractivity (Wildman–Crippen MR) is 78.9 cm³/mol. The largest absolute Gasteiger partial charge is 0.396 e. The molecule has 0 aliphatic carbocycles. The molecule has 22 heavy (non-hydrogen) atoms. The Morgan fingerprint density at radius 1 is 1.32 bits per heavy atom. The van der Waals surface area contributed by atoms with Gasteiger partial charge in [0.1, 0.15) is 6.73 Å². The molecule has 122 valence electrons. The molecule has 0 aromatic carbocycles. The number of aromatic nitrogens is 4. The molecule has 3 rings (SSSR count). The van der Waals surface area contributed by atoms with Crippen LogP contribution in [0.25, 0.3) is 0 Å². The number of fused-ring (bicyclic) bond motifs is 2. The zero-order chi connectivity index (χ0) is 15.4. The summed E-state index contributed by atoms with van der Waals surface area (Å²) in [5.41, 5.74) is 0. The molecule has 2 aliphatic heterocycles. The third-order valence-corrected chi connectivity index (χ3v) is 4.77. The van der Waals surface area contributed by atoms with Crippen LogP contribution < -0.4 is 0 Å². The monoisotopic (exact) mass is 308 g/mol. The first kappa shape index (κ1) is 15.6. The Labute approximate surface area is 130 Å². The van der Waals surface area contributed by atoms with Crippen molar-refractivity contribution in [2.75, 3.05) is 13.7 Å². The van der Waals surface area contributed by atoms with E-state index in [-0.39, 0.29) is 12.7 Å². The quantitative estimate of drug-likeness (QED) is 0.720. The highest BCUT2D eigenvalue weighted by atomic mass is 16.5. The summed E-state index contributed by atoms with van der Waals surface area (Å²) in [6.45, 7) is 0.623. The Balaban J connectivity index is 1.44. The number of aliphatic hydroxyl groups excluding tert-OH is 1.